The molecule has 0 saturated heterocycles. The Balaban J connectivity index is 0.00000100. The minimum Gasteiger partial charge on any atom is -0.343 e. The van der Waals surface area contributed by atoms with Crippen molar-refractivity contribution in [3.05, 3.63) is 53.8 Å². The molecule has 2 aromatic carbocycles. The largest absolute Gasteiger partial charge is 0.343 e. The number of nitrogens with two attached hydrogens (primary N) is 1. The molecule has 4 nitrogen and oxygen atoms in total. The van der Waals surface area contributed by atoms with Crippen molar-refractivity contribution in [2.24, 2.45) is 12.2 Å². The molecular weight excluding hydrogens is 325 g/mol. The van der Waals surface area contributed by atoms with Gasteiger partial charge in [0.1, 0.15) is 22.9 Å². The molecule has 1 atom stereocenters. The molecule has 0 bridgehead atoms. The second-order valence-electron chi connectivity index (χ2n) is 4.88. The van der Waals surface area contributed by atoms with Gasteiger partial charge in [0.25, 0.3) is 0 Å². The molecule has 1 unspecified atom stereocenters. The minimum atomic E-state index is -1.55. The van der Waals surface area contributed by atoms with Gasteiger partial charge in [-0.3, -0.25) is 0 Å². The quantitative estimate of drug-likeness (QED) is 0.767. The molecule has 0 fully saturated rings. The van der Waals surface area contributed by atoms with Crippen LogP contribution >= 0.6 is 0 Å². The van der Waals surface area contributed by atoms with Crippen molar-refractivity contribution in [3.8, 4) is 17.3 Å². The normalized spacial score (nSPS) is 11.5. The second kappa shape index (κ2) is 7.39. The van der Waals surface area contributed by atoms with Crippen LogP contribution in [0.25, 0.3) is 22.2 Å². The van der Waals surface area contributed by atoms with Gasteiger partial charge in [0.05, 0.1) is 16.2 Å². The minimum absolute atomic E-state index is 0.380. The van der Waals surface area contributed by atoms with E-state index in [4.69, 9.17) is 5.14 Å². The van der Waals surface area contributed by atoms with Crippen molar-refractivity contribution in [2.45, 2.75) is 18.7 Å². The highest BCUT2D eigenvalue weighted by Gasteiger charge is 2.17. The molecule has 0 aliphatic heterocycles. The first-order valence-electron chi connectivity index (χ1n) is 7.47. The van der Waals surface area contributed by atoms with E-state index in [0.717, 1.165) is 11.1 Å². The number of nitrogens with zero attached hydrogens (tertiary/aromatic N) is 2. The molecule has 3 aromatic rings. The summed E-state index contributed by atoms with van der Waals surface area (Å²) < 4.78 is 26.6. The fraction of sp³-hybridized carbons (Fsp3) is 0.167. The first-order valence-corrected chi connectivity index (χ1v) is 8.69. The molecule has 0 radical (unpaired) electrons. The monoisotopic (exact) mass is 343 g/mol. The Labute approximate surface area is 142 Å². The van der Waals surface area contributed by atoms with Gasteiger partial charge in [0, 0.05) is 18.0 Å². The SMILES string of the molecule is CC.Cn1c(-c2ccc(S(N)=O)cc2)c(C#N)c2cc(F)ccc21. The Kier molecular flexibility index (Phi) is 5.50. The van der Waals surface area contributed by atoms with Gasteiger partial charge < -0.3 is 4.57 Å². The van der Waals surface area contributed by atoms with Crippen LogP contribution in [-0.4, -0.2) is 8.78 Å². The third kappa shape index (κ3) is 3.09. The zero-order chi connectivity index (χ0) is 17.9. The molecule has 2 N–H and O–H groups in total. The van der Waals surface area contributed by atoms with Gasteiger partial charge in [-0.15, -0.1) is 0 Å². The number of hydrogen-bond acceptors (Lipinski definition) is 2. The summed E-state index contributed by atoms with van der Waals surface area (Å²) >= 11 is 0. The number of fused-ring (bicyclic) bond motifs is 1. The Morgan fingerprint density at radius 3 is 2.33 bits per heavy atom. The van der Waals surface area contributed by atoms with Crippen molar-refractivity contribution in [1.29, 1.82) is 5.26 Å². The van der Waals surface area contributed by atoms with E-state index in [2.05, 4.69) is 6.07 Å². The molecule has 124 valence electrons. The fourth-order valence-corrected chi connectivity index (χ4v) is 3.02. The van der Waals surface area contributed by atoms with Gasteiger partial charge in [-0.25, -0.2) is 13.7 Å². The van der Waals surface area contributed by atoms with E-state index in [1.807, 2.05) is 25.5 Å². The van der Waals surface area contributed by atoms with Crippen LogP contribution in [0, 0.1) is 17.1 Å². The Bertz CT molecular complexity index is 940. The molecule has 3 rings (SSSR count). The highest BCUT2D eigenvalue weighted by atomic mass is 32.2. The van der Waals surface area contributed by atoms with Gasteiger partial charge in [-0.2, -0.15) is 5.26 Å². The average Bonchev–Trinajstić information content (AvgIpc) is 2.88. The number of nitriles is 1. The Morgan fingerprint density at radius 1 is 1.17 bits per heavy atom. The summed E-state index contributed by atoms with van der Waals surface area (Å²) in [7, 11) is 0.279. The number of rotatable bonds is 2. The maximum atomic E-state index is 13.5. The summed E-state index contributed by atoms with van der Waals surface area (Å²) in [4.78, 5) is 0.507. The van der Waals surface area contributed by atoms with Crippen LogP contribution in [0.2, 0.25) is 0 Å². The van der Waals surface area contributed by atoms with Crippen molar-refractivity contribution >= 4 is 21.9 Å². The summed E-state index contributed by atoms with van der Waals surface area (Å²) in [5.41, 5.74) is 2.67. The first-order chi connectivity index (χ1) is 11.5. The first kappa shape index (κ1) is 17.9. The third-order valence-electron chi connectivity index (χ3n) is 3.63. The molecule has 24 heavy (non-hydrogen) atoms. The van der Waals surface area contributed by atoms with Crippen LogP contribution in [0.3, 0.4) is 0 Å². The lowest BCUT2D eigenvalue weighted by Gasteiger charge is -2.06. The highest BCUT2D eigenvalue weighted by Crippen LogP contribution is 2.33. The van der Waals surface area contributed by atoms with Crippen LogP contribution in [0.1, 0.15) is 19.4 Å². The predicted molar refractivity (Wildman–Crippen MR) is 95.0 cm³/mol. The lowest BCUT2D eigenvalue weighted by molar-refractivity contribution is 0.629. The zero-order valence-electron chi connectivity index (χ0n) is 13.7. The number of benzene rings is 2. The van der Waals surface area contributed by atoms with Gasteiger partial charge in [0.2, 0.25) is 0 Å². The van der Waals surface area contributed by atoms with Gasteiger partial charge in [-0.05, 0) is 35.9 Å². The van der Waals surface area contributed by atoms with E-state index in [1.165, 1.54) is 12.1 Å². The van der Waals surface area contributed by atoms with E-state index in [-0.39, 0.29) is 5.82 Å². The lowest BCUT2D eigenvalue weighted by atomic mass is 10.1. The molecule has 0 aliphatic rings. The molecule has 1 aromatic heterocycles. The van der Waals surface area contributed by atoms with Crippen molar-refractivity contribution in [1.82, 2.24) is 4.57 Å². The summed E-state index contributed by atoms with van der Waals surface area (Å²) in [6, 6.07) is 13.4. The van der Waals surface area contributed by atoms with E-state index in [9.17, 15) is 13.9 Å². The van der Waals surface area contributed by atoms with Crippen LogP contribution in [0.5, 0.6) is 0 Å². The summed E-state index contributed by atoms with van der Waals surface area (Å²) in [5.74, 6) is -0.380. The number of halogens is 1. The van der Waals surface area contributed by atoms with E-state index in [1.54, 1.807) is 30.3 Å². The van der Waals surface area contributed by atoms with Crippen LogP contribution in [0.4, 0.5) is 4.39 Å². The summed E-state index contributed by atoms with van der Waals surface area (Å²) in [6.07, 6.45) is 0. The third-order valence-corrected chi connectivity index (χ3v) is 4.37. The number of hydrogen-bond donors (Lipinski definition) is 1. The molecule has 0 amide bonds. The number of aromatic nitrogens is 1. The molecular formula is C18H18FN3OS. The average molecular weight is 343 g/mol. The maximum absolute atomic E-state index is 13.5. The van der Waals surface area contributed by atoms with Crippen LogP contribution in [-0.2, 0) is 18.0 Å². The van der Waals surface area contributed by atoms with E-state index < -0.39 is 11.0 Å². The molecule has 6 heteroatoms. The molecule has 1 heterocycles. The highest BCUT2D eigenvalue weighted by molar-refractivity contribution is 7.82. The van der Waals surface area contributed by atoms with Crippen LogP contribution < -0.4 is 5.14 Å². The second-order valence-corrected chi connectivity index (χ2v) is 5.94. The van der Waals surface area contributed by atoms with Crippen molar-refractivity contribution in [3.63, 3.8) is 0 Å². The molecule has 0 spiro atoms. The zero-order valence-corrected chi connectivity index (χ0v) is 14.5. The van der Waals surface area contributed by atoms with Gasteiger partial charge >= 0.3 is 0 Å². The Hall–Kier alpha value is -2.49. The maximum Gasteiger partial charge on any atom is 0.124 e. The molecule has 0 saturated carbocycles. The van der Waals surface area contributed by atoms with E-state index in [0.29, 0.717) is 21.5 Å². The fourth-order valence-electron chi connectivity index (χ4n) is 2.61. The van der Waals surface area contributed by atoms with Gasteiger partial charge in [0.15, 0.2) is 0 Å². The predicted octanol–water partition coefficient (Wildman–Crippen LogP) is 3.86. The lowest BCUT2D eigenvalue weighted by Crippen LogP contribution is -2.02. The summed E-state index contributed by atoms with van der Waals surface area (Å²) in [5, 5.41) is 15.4. The van der Waals surface area contributed by atoms with E-state index >= 15 is 0 Å². The standard InChI is InChI=1S/C16H12FN3OS.C2H6/c1-20-15-7-4-11(17)8-13(15)14(9-18)16(20)10-2-5-12(6-3-10)22(19)21;1-2/h2-8H,19H2,1H3;1-2H3. The smallest absolute Gasteiger partial charge is 0.124 e. The summed E-state index contributed by atoms with van der Waals surface area (Å²) in [6.45, 7) is 4.00. The topological polar surface area (TPSA) is 71.8 Å². The van der Waals surface area contributed by atoms with Crippen LogP contribution in [0.15, 0.2) is 47.4 Å². The van der Waals surface area contributed by atoms with Crippen molar-refractivity contribution in [2.75, 3.05) is 0 Å². The van der Waals surface area contributed by atoms with Gasteiger partial charge in [-0.1, -0.05) is 26.0 Å². The van der Waals surface area contributed by atoms with Crippen molar-refractivity contribution < 1.29 is 8.60 Å². The molecule has 0 aliphatic carbocycles. The number of aryl methyl sites for hydroxylation is 1. The Morgan fingerprint density at radius 2 is 1.79 bits per heavy atom.